The van der Waals surface area contributed by atoms with Crippen molar-refractivity contribution in [3.8, 4) is 0 Å². The zero-order valence-electron chi connectivity index (χ0n) is 15.0. The van der Waals surface area contributed by atoms with Crippen LogP contribution >= 0.6 is 11.3 Å². The van der Waals surface area contributed by atoms with Crippen LogP contribution in [0.1, 0.15) is 26.3 Å². The molecule has 0 amide bonds. The molecular formula is C19H22N2O3S2. The third-order valence-corrected chi connectivity index (χ3v) is 6.45. The Morgan fingerprint density at radius 3 is 2.42 bits per heavy atom. The average molecular weight is 391 g/mol. The zero-order chi connectivity index (χ0) is 18.9. The van der Waals surface area contributed by atoms with Crippen LogP contribution < -0.4 is 9.60 Å². The van der Waals surface area contributed by atoms with E-state index in [1.807, 2.05) is 19.1 Å². The molecule has 0 atom stereocenters. The van der Waals surface area contributed by atoms with E-state index in [-0.39, 0.29) is 9.77 Å². The Hall–Kier alpha value is -2.12. The van der Waals surface area contributed by atoms with E-state index < -0.39 is 10.0 Å². The molecule has 0 bridgehead atoms. The lowest BCUT2D eigenvalue weighted by Gasteiger charge is -2.10. The molecule has 1 N–H and O–H groups in total. The SMILES string of the molecule is CCn1c(=O)sc2cc(NS(=O)(=O)c3ccc(CC(C)C)cc3)ccc21. The van der Waals surface area contributed by atoms with Gasteiger partial charge in [-0.25, -0.2) is 8.42 Å². The molecule has 1 heterocycles. The van der Waals surface area contributed by atoms with Gasteiger partial charge in [0.1, 0.15) is 0 Å². The molecule has 0 aliphatic carbocycles. The fourth-order valence-corrected chi connectivity index (χ4v) is 4.96. The molecule has 3 aromatic rings. The lowest BCUT2D eigenvalue weighted by Crippen LogP contribution is -2.13. The number of benzene rings is 2. The number of sulfonamides is 1. The molecule has 7 heteroatoms. The smallest absolute Gasteiger partial charge is 0.299 e. The molecule has 0 spiro atoms. The number of hydrogen-bond donors (Lipinski definition) is 1. The Balaban J connectivity index is 1.87. The van der Waals surface area contributed by atoms with Crippen LogP contribution in [0.15, 0.2) is 52.2 Å². The molecule has 26 heavy (non-hydrogen) atoms. The molecule has 1 aromatic heterocycles. The number of nitrogens with one attached hydrogen (secondary N) is 1. The van der Waals surface area contributed by atoms with Crippen LogP contribution in [-0.4, -0.2) is 13.0 Å². The van der Waals surface area contributed by atoms with Crippen LogP contribution in [0.4, 0.5) is 5.69 Å². The van der Waals surface area contributed by atoms with Gasteiger partial charge in [0.25, 0.3) is 10.0 Å². The molecule has 0 saturated carbocycles. The number of thiazole rings is 1. The second kappa shape index (κ2) is 7.25. The van der Waals surface area contributed by atoms with Gasteiger partial charge in [0.15, 0.2) is 0 Å². The van der Waals surface area contributed by atoms with Gasteiger partial charge < -0.3 is 0 Å². The predicted octanol–water partition coefficient (Wildman–Crippen LogP) is 4.08. The number of aryl methyl sites for hydroxylation is 1. The summed E-state index contributed by atoms with van der Waals surface area (Å²) in [6, 6.07) is 12.1. The highest BCUT2D eigenvalue weighted by Gasteiger charge is 2.15. The van der Waals surface area contributed by atoms with Crippen molar-refractivity contribution in [2.45, 2.75) is 38.6 Å². The van der Waals surface area contributed by atoms with E-state index in [4.69, 9.17) is 0 Å². The molecule has 0 radical (unpaired) electrons. The van der Waals surface area contributed by atoms with E-state index >= 15 is 0 Å². The summed E-state index contributed by atoms with van der Waals surface area (Å²) in [5.41, 5.74) is 2.39. The molecule has 0 unspecified atom stereocenters. The van der Waals surface area contributed by atoms with Gasteiger partial charge in [-0.3, -0.25) is 14.1 Å². The van der Waals surface area contributed by atoms with Crippen LogP contribution in [0.25, 0.3) is 10.2 Å². The first kappa shape index (κ1) is 18.7. The summed E-state index contributed by atoms with van der Waals surface area (Å²) in [6.07, 6.45) is 0.914. The first-order chi connectivity index (χ1) is 12.3. The topological polar surface area (TPSA) is 68.2 Å². The van der Waals surface area contributed by atoms with Crippen molar-refractivity contribution in [1.82, 2.24) is 4.57 Å². The Kier molecular flexibility index (Phi) is 5.20. The minimum atomic E-state index is -3.67. The number of rotatable bonds is 6. The Bertz CT molecular complexity index is 1080. The first-order valence-electron chi connectivity index (χ1n) is 8.55. The Labute approximate surface area is 157 Å². The van der Waals surface area contributed by atoms with Gasteiger partial charge in [0.05, 0.1) is 20.8 Å². The molecule has 0 aliphatic heterocycles. The van der Waals surface area contributed by atoms with Crippen molar-refractivity contribution in [1.29, 1.82) is 0 Å². The monoisotopic (exact) mass is 390 g/mol. The number of aromatic nitrogens is 1. The lowest BCUT2D eigenvalue weighted by atomic mass is 10.0. The molecule has 0 saturated heterocycles. The molecule has 0 fully saturated rings. The quantitative estimate of drug-likeness (QED) is 0.689. The first-order valence-corrected chi connectivity index (χ1v) is 10.9. The standard InChI is InChI=1S/C19H22N2O3S2/c1-4-21-17-10-7-15(12-18(17)25-19(21)22)20-26(23,24)16-8-5-14(6-9-16)11-13(2)3/h5-10,12-13,20H,4,11H2,1-3H3. The number of fused-ring (bicyclic) bond motifs is 1. The minimum Gasteiger partial charge on any atom is -0.299 e. The minimum absolute atomic E-state index is 0.0387. The average Bonchev–Trinajstić information content (AvgIpc) is 2.88. The largest absolute Gasteiger partial charge is 0.308 e. The molecular weight excluding hydrogens is 368 g/mol. The second-order valence-corrected chi connectivity index (χ2v) is 9.32. The van der Waals surface area contributed by atoms with E-state index in [9.17, 15) is 13.2 Å². The van der Waals surface area contributed by atoms with Gasteiger partial charge in [-0.15, -0.1) is 0 Å². The van der Waals surface area contributed by atoms with Crippen LogP contribution in [0, 0.1) is 5.92 Å². The Morgan fingerprint density at radius 2 is 1.81 bits per heavy atom. The van der Waals surface area contributed by atoms with Crippen molar-refractivity contribution >= 4 is 37.3 Å². The molecule has 3 rings (SSSR count). The number of anilines is 1. The summed E-state index contributed by atoms with van der Waals surface area (Å²) in [7, 11) is -3.67. The fourth-order valence-electron chi connectivity index (χ4n) is 2.92. The number of nitrogens with zero attached hydrogens (tertiary/aromatic N) is 1. The van der Waals surface area contributed by atoms with Crippen LogP contribution in [0.2, 0.25) is 0 Å². The van der Waals surface area contributed by atoms with Crippen molar-refractivity contribution in [2.24, 2.45) is 5.92 Å². The third kappa shape index (κ3) is 3.83. The van der Waals surface area contributed by atoms with Crippen LogP contribution in [0.3, 0.4) is 0 Å². The summed E-state index contributed by atoms with van der Waals surface area (Å²) in [6.45, 7) is 6.75. The highest BCUT2D eigenvalue weighted by Crippen LogP contribution is 2.24. The predicted molar refractivity (Wildman–Crippen MR) is 108 cm³/mol. The molecule has 0 aliphatic rings. The van der Waals surface area contributed by atoms with Gasteiger partial charge in [-0.05, 0) is 55.2 Å². The summed E-state index contributed by atoms with van der Waals surface area (Å²) < 4.78 is 30.3. The summed E-state index contributed by atoms with van der Waals surface area (Å²) >= 11 is 1.12. The van der Waals surface area contributed by atoms with Gasteiger partial charge in [-0.1, -0.05) is 37.3 Å². The van der Waals surface area contributed by atoms with Crippen molar-refractivity contribution in [2.75, 3.05) is 4.72 Å². The lowest BCUT2D eigenvalue weighted by molar-refractivity contribution is 0.601. The maximum absolute atomic E-state index is 12.6. The van der Waals surface area contributed by atoms with Crippen molar-refractivity contribution in [3.05, 3.63) is 57.7 Å². The van der Waals surface area contributed by atoms with E-state index in [1.54, 1.807) is 34.9 Å². The van der Waals surface area contributed by atoms with Crippen molar-refractivity contribution < 1.29 is 8.42 Å². The maximum atomic E-state index is 12.6. The zero-order valence-corrected chi connectivity index (χ0v) is 16.7. The highest BCUT2D eigenvalue weighted by atomic mass is 32.2. The normalized spacial score (nSPS) is 12.0. The van der Waals surface area contributed by atoms with E-state index in [2.05, 4.69) is 18.6 Å². The van der Waals surface area contributed by atoms with Gasteiger partial charge in [-0.2, -0.15) is 0 Å². The Morgan fingerprint density at radius 1 is 1.12 bits per heavy atom. The number of hydrogen-bond acceptors (Lipinski definition) is 4. The third-order valence-electron chi connectivity index (χ3n) is 4.11. The van der Waals surface area contributed by atoms with Crippen LogP contribution in [0.5, 0.6) is 0 Å². The molecule has 2 aromatic carbocycles. The van der Waals surface area contributed by atoms with E-state index in [0.29, 0.717) is 18.2 Å². The van der Waals surface area contributed by atoms with Gasteiger partial charge >= 0.3 is 4.87 Å². The summed E-state index contributed by atoms with van der Waals surface area (Å²) in [4.78, 5) is 12.1. The highest BCUT2D eigenvalue weighted by molar-refractivity contribution is 7.92. The van der Waals surface area contributed by atoms with E-state index in [1.165, 1.54) is 0 Å². The summed E-state index contributed by atoms with van der Waals surface area (Å²) in [5, 5.41) is 0. The fraction of sp³-hybridized carbons (Fsp3) is 0.316. The molecule has 138 valence electrons. The maximum Gasteiger partial charge on any atom is 0.308 e. The van der Waals surface area contributed by atoms with Gasteiger partial charge in [0.2, 0.25) is 0 Å². The molecule has 5 nitrogen and oxygen atoms in total. The van der Waals surface area contributed by atoms with Gasteiger partial charge in [0, 0.05) is 6.54 Å². The van der Waals surface area contributed by atoms with Crippen LogP contribution in [-0.2, 0) is 23.0 Å². The summed E-state index contributed by atoms with van der Waals surface area (Å²) in [5.74, 6) is 0.518. The second-order valence-electron chi connectivity index (χ2n) is 6.64. The van der Waals surface area contributed by atoms with E-state index in [0.717, 1.165) is 33.5 Å². The van der Waals surface area contributed by atoms with Crippen molar-refractivity contribution in [3.63, 3.8) is 0 Å².